The molecule has 2 rings (SSSR count). The Labute approximate surface area is 115 Å². The second-order valence-electron chi connectivity index (χ2n) is 6.07. The van der Waals surface area contributed by atoms with Gasteiger partial charge in [-0.1, -0.05) is 25.9 Å². The van der Waals surface area contributed by atoms with Crippen molar-refractivity contribution >= 4 is 11.9 Å². The average molecular weight is 284 g/mol. The van der Waals surface area contributed by atoms with Gasteiger partial charge in [-0.3, -0.25) is 4.79 Å². The highest BCUT2D eigenvalue weighted by Crippen LogP contribution is 2.28. The molecule has 1 aromatic heterocycles. The predicted molar refractivity (Wildman–Crippen MR) is 67.2 cm³/mol. The Bertz CT molecular complexity index is 549. The molecule has 1 N–H and O–H groups in total. The number of carboxylic acids is 1. The first kappa shape index (κ1) is 14.5. The molecular formula is C13H17FN2O4. The van der Waals surface area contributed by atoms with Crippen LogP contribution in [-0.2, 0) is 10.2 Å². The van der Waals surface area contributed by atoms with Gasteiger partial charge in [-0.05, 0) is 0 Å². The van der Waals surface area contributed by atoms with Gasteiger partial charge in [0, 0.05) is 24.4 Å². The summed E-state index contributed by atoms with van der Waals surface area (Å²) in [6.07, 6.45) is -0.210. The number of alkyl halides is 1. The lowest BCUT2D eigenvalue weighted by atomic mass is 9.93. The summed E-state index contributed by atoms with van der Waals surface area (Å²) in [5.74, 6) is -1.50. The Morgan fingerprint density at radius 3 is 2.60 bits per heavy atom. The maximum Gasteiger partial charge on any atom is 0.343 e. The third kappa shape index (κ3) is 2.52. The number of carbonyl (C=O) groups is 2. The summed E-state index contributed by atoms with van der Waals surface area (Å²) >= 11 is 0. The van der Waals surface area contributed by atoms with E-state index in [9.17, 15) is 14.0 Å². The normalized spacial score (nSPS) is 23.1. The van der Waals surface area contributed by atoms with Crippen molar-refractivity contribution in [2.45, 2.75) is 38.3 Å². The van der Waals surface area contributed by atoms with Crippen LogP contribution < -0.4 is 0 Å². The number of carboxylic acid groups (broad SMARTS) is 1. The van der Waals surface area contributed by atoms with E-state index in [-0.39, 0.29) is 24.1 Å². The molecule has 1 atom stereocenters. The van der Waals surface area contributed by atoms with E-state index in [4.69, 9.17) is 9.63 Å². The van der Waals surface area contributed by atoms with Gasteiger partial charge in [0.1, 0.15) is 5.76 Å². The van der Waals surface area contributed by atoms with Crippen molar-refractivity contribution in [3.8, 4) is 0 Å². The maximum absolute atomic E-state index is 13.9. The SMILES string of the molecule is CC(C)(C)c1cc(C(=O)N2CCC(F)(C(=O)O)C2)no1. The summed E-state index contributed by atoms with van der Waals surface area (Å²) < 4.78 is 19.0. The molecule has 1 aromatic rings. The number of nitrogens with zero attached hydrogens (tertiary/aromatic N) is 2. The largest absolute Gasteiger partial charge is 0.479 e. The van der Waals surface area contributed by atoms with Gasteiger partial charge in [-0.2, -0.15) is 0 Å². The highest BCUT2D eigenvalue weighted by molar-refractivity contribution is 5.93. The zero-order valence-corrected chi connectivity index (χ0v) is 11.6. The lowest BCUT2D eigenvalue weighted by Crippen LogP contribution is -2.39. The van der Waals surface area contributed by atoms with E-state index in [0.29, 0.717) is 5.76 Å². The molecule has 1 fully saturated rings. The van der Waals surface area contributed by atoms with Gasteiger partial charge in [0.2, 0.25) is 5.67 Å². The number of rotatable bonds is 2. The molecule has 110 valence electrons. The highest BCUT2D eigenvalue weighted by Gasteiger charge is 2.47. The van der Waals surface area contributed by atoms with E-state index in [2.05, 4.69) is 5.16 Å². The predicted octanol–water partition coefficient (Wildman–Crippen LogP) is 1.61. The summed E-state index contributed by atoms with van der Waals surface area (Å²) in [7, 11) is 0. The number of hydrogen-bond acceptors (Lipinski definition) is 4. The fourth-order valence-corrected chi connectivity index (χ4v) is 2.01. The lowest BCUT2D eigenvalue weighted by molar-refractivity contribution is -0.149. The number of aromatic nitrogens is 1. The first-order valence-electron chi connectivity index (χ1n) is 6.32. The molecule has 0 aliphatic carbocycles. The van der Waals surface area contributed by atoms with Crippen molar-refractivity contribution in [3.05, 3.63) is 17.5 Å². The summed E-state index contributed by atoms with van der Waals surface area (Å²) in [6.45, 7) is 5.33. The van der Waals surface area contributed by atoms with Gasteiger partial charge in [-0.25, -0.2) is 9.18 Å². The average Bonchev–Trinajstić information content (AvgIpc) is 2.94. The molecule has 1 unspecified atom stereocenters. The van der Waals surface area contributed by atoms with E-state index in [1.807, 2.05) is 20.8 Å². The third-order valence-corrected chi connectivity index (χ3v) is 3.36. The molecule has 6 nitrogen and oxygen atoms in total. The Kier molecular flexibility index (Phi) is 3.31. The lowest BCUT2D eigenvalue weighted by Gasteiger charge is -2.16. The van der Waals surface area contributed by atoms with Crippen LogP contribution in [0.3, 0.4) is 0 Å². The van der Waals surface area contributed by atoms with Gasteiger partial charge in [-0.15, -0.1) is 0 Å². The maximum atomic E-state index is 13.9. The van der Waals surface area contributed by atoms with Crippen molar-refractivity contribution < 1.29 is 23.6 Å². The molecule has 20 heavy (non-hydrogen) atoms. The van der Waals surface area contributed by atoms with Crippen LogP contribution in [0.15, 0.2) is 10.6 Å². The van der Waals surface area contributed by atoms with Crippen LogP contribution in [-0.4, -0.2) is 45.8 Å². The van der Waals surface area contributed by atoms with Gasteiger partial charge < -0.3 is 14.5 Å². The molecule has 1 amide bonds. The second kappa shape index (κ2) is 4.57. The fraction of sp³-hybridized carbons (Fsp3) is 0.615. The summed E-state index contributed by atoms with van der Waals surface area (Å²) in [5.41, 5.74) is -2.59. The molecule has 0 aromatic carbocycles. The van der Waals surface area contributed by atoms with Crippen LogP contribution in [0, 0.1) is 0 Å². The molecule has 0 spiro atoms. The fourth-order valence-electron chi connectivity index (χ4n) is 2.01. The van der Waals surface area contributed by atoms with Crippen molar-refractivity contribution in [3.63, 3.8) is 0 Å². The van der Waals surface area contributed by atoms with E-state index in [0.717, 1.165) is 4.90 Å². The minimum Gasteiger partial charge on any atom is -0.479 e. The van der Waals surface area contributed by atoms with Gasteiger partial charge in [0.25, 0.3) is 5.91 Å². The van der Waals surface area contributed by atoms with E-state index in [1.54, 1.807) is 0 Å². The molecule has 1 saturated heterocycles. The Balaban J connectivity index is 2.14. The van der Waals surface area contributed by atoms with Crippen LogP contribution in [0.2, 0.25) is 0 Å². The molecule has 7 heteroatoms. The smallest absolute Gasteiger partial charge is 0.343 e. The van der Waals surface area contributed by atoms with Crippen LogP contribution in [0.4, 0.5) is 4.39 Å². The van der Waals surface area contributed by atoms with Crippen LogP contribution in [0.5, 0.6) is 0 Å². The number of carbonyl (C=O) groups excluding carboxylic acids is 1. The molecule has 1 aliphatic rings. The number of likely N-dealkylation sites (tertiary alicyclic amines) is 1. The summed E-state index contributed by atoms with van der Waals surface area (Å²) in [6, 6.07) is 1.52. The topological polar surface area (TPSA) is 83.6 Å². The van der Waals surface area contributed by atoms with Crippen LogP contribution in [0.1, 0.15) is 43.4 Å². The minimum atomic E-state index is -2.37. The molecule has 1 aliphatic heterocycles. The standard InChI is InChI=1S/C13H17FN2O4/c1-12(2,3)9-6-8(15-20-9)10(17)16-5-4-13(14,7-16)11(18)19/h6H,4-5,7H2,1-3H3,(H,18,19). The third-order valence-electron chi connectivity index (χ3n) is 3.36. The van der Waals surface area contributed by atoms with Crippen molar-refractivity contribution in [2.75, 3.05) is 13.1 Å². The quantitative estimate of drug-likeness (QED) is 0.892. The first-order chi connectivity index (χ1) is 9.13. The number of amides is 1. The molecular weight excluding hydrogens is 267 g/mol. The zero-order chi connectivity index (χ0) is 15.1. The number of halogens is 1. The Morgan fingerprint density at radius 2 is 2.15 bits per heavy atom. The minimum absolute atomic E-state index is 0.0549. The van der Waals surface area contributed by atoms with Gasteiger partial charge in [0.05, 0.1) is 6.54 Å². The summed E-state index contributed by atoms with van der Waals surface area (Å²) in [5, 5.41) is 12.5. The second-order valence-corrected chi connectivity index (χ2v) is 6.07. The number of hydrogen-bond donors (Lipinski definition) is 1. The van der Waals surface area contributed by atoms with E-state index >= 15 is 0 Å². The molecule has 0 bridgehead atoms. The van der Waals surface area contributed by atoms with Crippen molar-refractivity contribution in [2.24, 2.45) is 0 Å². The molecule has 2 heterocycles. The monoisotopic (exact) mass is 284 g/mol. The Hall–Kier alpha value is -1.92. The highest BCUT2D eigenvalue weighted by atomic mass is 19.1. The van der Waals surface area contributed by atoms with E-state index < -0.39 is 24.1 Å². The zero-order valence-electron chi connectivity index (χ0n) is 11.6. The molecule has 0 saturated carbocycles. The van der Waals surface area contributed by atoms with Crippen LogP contribution in [0.25, 0.3) is 0 Å². The van der Waals surface area contributed by atoms with Gasteiger partial charge >= 0.3 is 5.97 Å². The van der Waals surface area contributed by atoms with Crippen LogP contribution >= 0.6 is 0 Å². The van der Waals surface area contributed by atoms with Crippen molar-refractivity contribution in [1.82, 2.24) is 10.1 Å². The number of aliphatic carboxylic acids is 1. The first-order valence-corrected chi connectivity index (χ1v) is 6.32. The molecule has 0 radical (unpaired) electrons. The summed E-state index contributed by atoms with van der Waals surface area (Å²) in [4.78, 5) is 24.1. The van der Waals surface area contributed by atoms with Gasteiger partial charge in [0.15, 0.2) is 5.69 Å². The Morgan fingerprint density at radius 1 is 1.50 bits per heavy atom. The van der Waals surface area contributed by atoms with Crippen molar-refractivity contribution in [1.29, 1.82) is 0 Å². The van der Waals surface area contributed by atoms with E-state index in [1.165, 1.54) is 6.07 Å².